The molecule has 0 bridgehead atoms. The number of carbonyl (C=O) groups is 1. The van der Waals surface area contributed by atoms with Crippen LogP contribution in [0.25, 0.3) is 0 Å². The smallest absolute Gasteiger partial charge is 0.258 e. The molecule has 0 radical (unpaired) electrons. The van der Waals surface area contributed by atoms with Gasteiger partial charge >= 0.3 is 0 Å². The third-order valence-corrected chi connectivity index (χ3v) is 4.78. The number of amides is 1. The predicted molar refractivity (Wildman–Crippen MR) is 90.3 cm³/mol. The average molecular weight is 377 g/mol. The van der Waals surface area contributed by atoms with Crippen molar-refractivity contribution in [1.82, 2.24) is 0 Å². The van der Waals surface area contributed by atoms with Crippen LogP contribution >= 0.6 is 22.6 Å². The lowest BCUT2D eigenvalue weighted by molar-refractivity contribution is 0.0979. The fourth-order valence-corrected chi connectivity index (χ4v) is 3.34. The first-order valence-electron chi connectivity index (χ1n) is 6.77. The predicted octanol–water partition coefficient (Wildman–Crippen LogP) is 4.44. The van der Waals surface area contributed by atoms with Gasteiger partial charge in [-0.05, 0) is 65.4 Å². The molecule has 0 aromatic heterocycles. The number of carbonyl (C=O) groups excluding carboxylic acids is 1. The van der Waals surface area contributed by atoms with E-state index in [2.05, 4.69) is 54.6 Å². The van der Waals surface area contributed by atoms with E-state index in [1.807, 2.05) is 35.2 Å². The van der Waals surface area contributed by atoms with Gasteiger partial charge in [-0.1, -0.05) is 25.1 Å². The van der Waals surface area contributed by atoms with E-state index in [4.69, 9.17) is 0 Å². The minimum atomic E-state index is 0.0879. The van der Waals surface area contributed by atoms with E-state index >= 15 is 0 Å². The standard InChI is InChI=1S/C17H16INO/c1-11-12(2)19(16-9-8-14(18)10-15(11)16)17(20)13-6-4-3-5-7-13/h3-12H,1-2H3. The van der Waals surface area contributed by atoms with E-state index < -0.39 is 0 Å². The maximum atomic E-state index is 12.8. The van der Waals surface area contributed by atoms with Gasteiger partial charge in [0.1, 0.15) is 0 Å². The Morgan fingerprint density at radius 2 is 1.80 bits per heavy atom. The second-order valence-corrected chi connectivity index (χ2v) is 6.52. The number of fused-ring (bicyclic) bond motifs is 1. The molecule has 2 atom stereocenters. The summed E-state index contributed by atoms with van der Waals surface area (Å²) in [7, 11) is 0. The minimum absolute atomic E-state index is 0.0879. The van der Waals surface area contributed by atoms with Gasteiger partial charge in [0, 0.05) is 26.8 Å². The van der Waals surface area contributed by atoms with Gasteiger partial charge in [-0.3, -0.25) is 4.79 Å². The Morgan fingerprint density at radius 1 is 1.10 bits per heavy atom. The van der Waals surface area contributed by atoms with Crippen molar-refractivity contribution in [3.8, 4) is 0 Å². The molecule has 0 fully saturated rings. The van der Waals surface area contributed by atoms with Crippen molar-refractivity contribution in [1.29, 1.82) is 0 Å². The van der Waals surface area contributed by atoms with Gasteiger partial charge in [0.25, 0.3) is 5.91 Å². The van der Waals surface area contributed by atoms with Crippen LogP contribution in [0.3, 0.4) is 0 Å². The van der Waals surface area contributed by atoms with Crippen molar-refractivity contribution in [2.24, 2.45) is 0 Å². The first kappa shape index (κ1) is 13.6. The maximum Gasteiger partial charge on any atom is 0.258 e. The Hall–Kier alpha value is -1.36. The summed E-state index contributed by atoms with van der Waals surface area (Å²) in [6.45, 7) is 4.32. The normalized spacial score (nSPS) is 20.9. The number of anilines is 1. The Morgan fingerprint density at radius 3 is 2.50 bits per heavy atom. The van der Waals surface area contributed by atoms with E-state index in [-0.39, 0.29) is 11.9 Å². The molecule has 3 rings (SSSR count). The first-order chi connectivity index (χ1) is 9.59. The first-order valence-corrected chi connectivity index (χ1v) is 7.85. The molecule has 0 saturated heterocycles. The number of benzene rings is 2. The molecule has 1 aliphatic rings. The molecule has 3 heteroatoms. The van der Waals surface area contributed by atoms with Crippen LogP contribution < -0.4 is 4.90 Å². The zero-order chi connectivity index (χ0) is 14.3. The quantitative estimate of drug-likeness (QED) is 0.673. The highest BCUT2D eigenvalue weighted by atomic mass is 127. The largest absolute Gasteiger partial charge is 0.305 e. The summed E-state index contributed by atoms with van der Waals surface area (Å²) in [5.41, 5.74) is 3.07. The number of hydrogen-bond donors (Lipinski definition) is 0. The molecule has 0 N–H and O–H groups in total. The monoisotopic (exact) mass is 377 g/mol. The van der Waals surface area contributed by atoms with Crippen LogP contribution in [0.15, 0.2) is 48.5 Å². The molecule has 2 unspecified atom stereocenters. The van der Waals surface area contributed by atoms with Crippen LogP contribution in [0.4, 0.5) is 5.69 Å². The second kappa shape index (κ2) is 5.20. The SMILES string of the molecule is CC1c2cc(I)ccc2N(C(=O)c2ccccc2)C1C. The minimum Gasteiger partial charge on any atom is -0.305 e. The molecule has 0 aliphatic carbocycles. The molecule has 2 nitrogen and oxygen atoms in total. The summed E-state index contributed by atoms with van der Waals surface area (Å²) in [5, 5.41) is 0. The van der Waals surface area contributed by atoms with Crippen molar-refractivity contribution in [3.05, 3.63) is 63.2 Å². The van der Waals surface area contributed by atoms with Crippen LogP contribution in [0.2, 0.25) is 0 Å². The Balaban J connectivity index is 2.05. The van der Waals surface area contributed by atoms with Gasteiger partial charge in [0.2, 0.25) is 0 Å². The molecule has 2 aromatic carbocycles. The number of rotatable bonds is 1. The molecule has 102 valence electrons. The van der Waals surface area contributed by atoms with Gasteiger partial charge in [0.15, 0.2) is 0 Å². The van der Waals surface area contributed by atoms with Crippen molar-refractivity contribution < 1.29 is 4.79 Å². The summed E-state index contributed by atoms with van der Waals surface area (Å²) in [6, 6.07) is 16.0. The lowest BCUT2D eigenvalue weighted by atomic mass is 9.98. The van der Waals surface area contributed by atoms with Gasteiger partial charge in [0.05, 0.1) is 0 Å². The number of hydrogen-bond acceptors (Lipinski definition) is 1. The summed E-state index contributed by atoms with van der Waals surface area (Å²) >= 11 is 2.32. The summed E-state index contributed by atoms with van der Waals surface area (Å²) in [5.74, 6) is 0.456. The Bertz CT molecular complexity index is 653. The highest BCUT2D eigenvalue weighted by Crippen LogP contribution is 2.41. The highest BCUT2D eigenvalue weighted by molar-refractivity contribution is 14.1. The lowest BCUT2D eigenvalue weighted by Crippen LogP contribution is -2.36. The maximum absolute atomic E-state index is 12.8. The van der Waals surface area contributed by atoms with Crippen molar-refractivity contribution in [2.75, 3.05) is 4.90 Å². The Labute approximate surface area is 132 Å². The van der Waals surface area contributed by atoms with E-state index in [0.717, 1.165) is 11.3 Å². The van der Waals surface area contributed by atoms with Gasteiger partial charge in [-0.2, -0.15) is 0 Å². The number of nitrogens with zero attached hydrogens (tertiary/aromatic N) is 1. The van der Waals surface area contributed by atoms with E-state index in [1.165, 1.54) is 9.13 Å². The van der Waals surface area contributed by atoms with E-state index in [1.54, 1.807) is 0 Å². The summed E-state index contributed by atoms with van der Waals surface area (Å²) in [4.78, 5) is 14.7. The molecule has 0 spiro atoms. The highest BCUT2D eigenvalue weighted by Gasteiger charge is 2.36. The summed E-state index contributed by atoms with van der Waals surface area (Å²) in [6.07, 6.45) is 0. The third kappa shape index (κ3) is 2.14. The fourth-order valence-electron chi connectivity index (χ4n) is 2.83. The van der Waals surface area contributed by atoms with Gasteiger partial charge < -0.3 is 4.90 Å². The lowest BCUT2D eigenvalue weighted by Gasteiger charge is -2.24. The fraction of sp³-hybridized carbons (Fsp3) is 0.235. The van der Waals surface area contributed by atoms with E-state index in [0.29, 0.717) is 5.92 Å². The molecule has 2 aromatic rings. The van der Waals surface area contributed by atoms with Crippen molar-refractivity contribution >= 4 is 34.2 Å². The molecule has 1 heterocycles. The zero-order valence-electron chi connectivity index (χ0n) is 11.5. The third-order valence-electron chi connectivity index (χ3n) is 4.11. The molecular formula is C17H16INO. The van der Waals surface area contributed by atoms with Gasteiger partial charge in [-0.25, -0.2) is 0 Å². The molecule has 0 saturated carbocycles. The molecule has 20 heavy (non-hydrogen) atoms. The topological polar surface area (TPSA) is 20.3 Å². The Kier molecular flexibility index (Phi) is 3.54. The van der Waals surface area contributed by atoms with Crippen LogP contribution in [-0.4, -0.2) is 11.9 Å². The second-order valence-electron chi connectivity index (χ2n) is 5.27. The zero-order valence-corrected chi connectivity index (χ0v) is 13.7. The molecule has 1 aliphatic heterocycles. The van der Waals surface area contributed by atoms with Crippen LogP contribution in [0, 0.1) is 3.57 Å². The van der Waals surface area contributed by atoms with Crippen molar-refractivity contribution in [3.63, 3.8) is 0 Å². The molecular weight excluding hydrogens is 361 g/mol. The summed E-state index contributed by atoms with van der Waals surface area (Å²) < 4.78 is 1.22. The van der Waals surface area contributed by atoms with E-state index in [9.17, 15) is 4.79 Å². The molecule has 1 amide bonds. The van der Waals surface area contributed by atoms with Crippen LogP contribution in [-0.2, 0) is 0 Å². The number of halogens is 1. The van der Waals surface area contributed by atoms with Crippen LogP contribution in [0.5, 0.6) is 0 Å². The average Bonchev–Trinajstić information content (AvgIpc) is 2.71. The van der Waals surface area contributed by atoms with Gasteiger partial charge in [-0.15, -0.1) is 0 Å². The van der Waals surface area contributed by atoms with Crippen molar-refractivity contribution in [2.45, 2.75) is 25.8 Å². The van der Waals surface area contributed by atoms with Crippen LogP contribution in [0.1, 0.15) is 35.7 Å².